The molecule has 0 aromatic heterocycles. The van der Waals surface area contributed by atoms with Gasteiger partial charge in [-0.1, -0.05) is 38.8 Å². The number of hydrogen-bond acceptors (Lipinski definition) is 3. The summed E-state index contributed by atoms with van der Waals surface area (Å²) in [6.07, 6.45) is 4.50. The molecule has 1 aliphatic rings. The van der Waals surface area contributed by atoms with E-state index in [1.807, 2.05) is 6.92 Å². The summed E-state index contributed by atoms with van der Waals surface area (Å²) < 4.78 is 5.99. The Bertz CT molecular complexity index is 458. The molecule has 1 saturated heterocycles. The van der Waals surface area contributed by atoms with Crippen molar-refractivity contribution in [3.63, 3.8) is 0 Å². The molecule has 0 bridgehead atoms. The number of carbonyl (C=O) groups is 1. The minimum absolute atomic E-state index is 0.0155. The Labute approximate surface area is 153 Å². The molecule has 1 rings (SSSR count). The SMILES string of the molecule is C=C(C)CNC(=NCC(=O)N(C)C)NC1CCOC(C(CC)CC)C1. The quantitative estimate of drug-likeness (QED) is 0.399. The van der Waals surface area contributed by atoms with Gasteiger partial charge in [0.2, 0.25) is 5.91 Å². The second kappa shape index (κ2) is 11.1. The minimum Gasteiger partial charge on any atom is -0.378 e. The van der Waals surface area contributed by atoms with Crippen molar-refractivity contribution in [1.29, 1.82) is 0 Å². The summed E-state index contributed by atoms with van der Waals surface area (Å²) in [4.78, 5) is 17.8. The zero-order chi connectivity index (χ0) is 18.8. The molecule has 0 aromatic carbocycles. The highest BCUT2D eigenvalue weighted by molar-refractivity contribution is 5.85. The summed E-state index contributed by atoms with van der Waals surface area (Å²) in [5, 5.41) is 6.75. The Morgan fingerprint density at radius 3 is 2.60 bits per heavy atom. The van der Waals surface area contributed by atoms with Crippen molar-refractivity contribution < 1.29 is 9.53 Å². The van der Waals surface area contributed by atoms with Crippen LogP contribution in [-0.2, 0) is 9.53 Å². The lowest BCUT2D eigenvalue weighted by atomic mass is 9.89. The van der Waals surface area contributed by atoms with Crippen molar-refractivity contribution in [2.45, 2.75) is 58.6 Å². The number of likely N-dealkylation sites (N-methyl/N-ethyl adjacent to an activating group) is 1. The molecule has 1 heterocycles. The van der Waals surface area contributed by atoms with Crippen LogP contribution in [0.1, 0.15) is 46.5 Å². The number of hydrogen-bond donors (Lipinski definition) is 2. The predicted octanol–water partition coefficient (Wildman–Crippen LogP) is 2.17. The van der Waals surface area contributed by atoms with E-state index in [0.717, 1.165) is 37.9 Å². The van der Waals surface area contributed by atoms with Crippen molar-refractivity contribution in [2.24, 2.45) is 10.9 Å². The molecule has 25 heavy (non-hydrogen) atoms. The van der Waals surface area contributed by atoms with E-state index >= 15 is 0 Å². The van der Waals surface area contributed by atoms with Gasteiger partial charge in [0.1, 0.15) is 6.54 Å². The summed E-state index contributed by atoms with van der Waals surface area (Å²) in [7, 11) is 3.48. The van der Waals surface area contributed by atoms with E-state index in [9.17, 15) is 4.79 Å². The first kappa shape index (κ1) is 21.5. The third-order valence-corrected chi connectivity index (χ3v) is 4.66. The van der Waals surface area contributed by atoms with E-state index in [-0.39, 0.29) is 12.5 Å². The van der Waals surface area contributed by atoms with E-state index in [0.29, 0.717) is 30.6 Å². The minimum atomic E-state index is -0.0155. The number of aliphatic imine (C=N–C) groups is 1. The van der Waals surface area contributed by atoms with Gasteiger partial charge in [0.25, 0.3) is 0 Å². The van der Waals surface area contributed by atoms with Crippen LogP contribution in [0.15, 0.2) is 17.1 Å². The lowest BCUT2D eigenvalue weighted by molar-refractivity contribution is -0.127. The number of rotatable bonds is 8. The van der Waals surface area contributed by atoms with Crippen LogP contribution < -0.4 is 10.6 Å². The molecule has 6 heteroatoms. The van der Waals surface area contributed by atoms with E-state index in [4.69, 9.17) is 4.74 Å². The van der Waals surface area contributed by atoms with Gasteiger partial charge >= 0.3 is 0 Å². The van der Waals surface area contributed by atoms with Crippen LogP contribution in [0.4, 0.5) is 0 Å². The maximum Gasteiger partial charge on any atom is 0.243 e. The monoisotopic (exact) mass is 352 g/mol. The molecule has 0 saturated carbocycles. The fourth-order valence-corrected chi connectivity index (χ4v) is 2.97. The van der Waals surface area contributed by atoms with Crippen LogP contribution in [0.2, 0.25) is 0 Å². The molecule has 6 nitrogen and oxygen atoms in total. The number of guanidine groups is 1. The second-order valence-electron chi connectivity index (χ2n) is 7.12. The predicted molar refractivity (Wildman–Crippen MR) is 104 cm³/mol. The fourth-order valence-electron chi connectivity index (χ4n) is 2.97. The third-order valence-electron chi connectivity index (χ3n) is 4.66. The van der Waals surface area contributed by atoms with Crippen LogP contribution in [0.25, 0.3) is 0 Å². The highest BCUT2D eigenvalue weighted by Crippen LogP contribution is 2.25. The van der Waals surface area contributed by atoms with E-state index < -0.39 is 0 Å². The van der Waals surface area contributed by atoms with Crippen molar-refractivity contribution >= 4 is 11.9 Å². The first-order valence-corrected chi connectivity index (χ1v) is 9.38. The summed E-state index contributed by atoms with van der Waals surface area (Å²) in [6, 6.07) is 0.310. The zero-order valence-electron chi connectivity index (χ0n) is 16.6. The van der Waals surface area contributed by atoms with Gasteiger partial charge in [0, 0.05) is 33.3 Å². The normalized spacial score (nSPS) is 21.1. The topological polar surface area (TPSA) is 66.0 Å². The largest absolute Gasteiger partial charge is 0.378 e. The Morgan fingerprint density at radius 2 is 2.04 bits per heavy atom. The van der Waals surface area contributed by atoms with Crippen LogP contribution in [-0.4, -0.2) is 62.7 Å². The molecule has 2 unspecified atom stereocenters. The number of nitrogens with one attached hydrogen (secondary N) is 2. The average molecular weight is 353 g/mol. The lowest BCUT2D eigenvalue weighted by Gasteiger charge is -2.35. The van der Waals surface area contributed by atoms with Gasteiger partial charge in [-0.05, 0) is 25.7 Å². The molecule has 1 fully saturated rings. The third kappa shape index (κ3) is 7.90. The molecular formula is C19H36N4O2. The lowest BCUT2D eigenvalue weighted by Crippen LogP contribution is -2.49. The Morgan fingerprint density at radius 1 is 1.36 bits per heavy atom. The summed E-state index contributed by atoms with van der Waals surface area (Å²) in [5.41, 5.74) is 1.02. The summed E-state index contributed by atoms with van der Waals surface area (Å²) in [6.45, 7) is 11.9. The molecule has 144 valence electrons. The molecule has 0 radical (unpaired) electrons. The van der Waals surface area contributed by atoms with Crippen molar-refractivity contribution in [1.82, 2.24) is 15.5 Å². The van der Waals surface area contributed by atoms with E-state index in [1.54, 1.807) is 19.0 Å². The molecule has 0 spiro atoms. The number of amides is 1. The number of ether oxygens (including phenoxy) is 1. The Hall–Kier alpha value is -1.56. The van der Waals surface area contributed by atoms with Crippen molar-refractivity contribution in [3.05, 3.63) is 12.2 Å². The van der Waals surface area contributed by atoms with Crippen LogP contribution in [0, 0.1) is 5.92 Å². The molecular weight excluding hydrogens is 316 g/mol. The Kier molecular flexibility index (Phi) is 9.57. The average Bonchev–Trinajstić information content (AvgIpc) is 2.58. The zero-order valence-corrected chi connectivity index (χ0v) is 16.6. The molecule has 1 aliphatic heterocycles. The van der Waals surface area contributed by atoms with Crippen molar-refractivity contribution in [2.75, 3.05) is 33.8 Å². The molecule has 1 amide bonds. The van der Waals surface area contributed by atoms with Crippen LogP contribution in [0.3, 0.4) is 0 Å². The maximum absolute atomic E-state index is 11.8. The van der Waals surface area contributed by atoms with Gasteiger partial charge < -0.3 is 20.3 Å². The standard InChI is InChI=1S/C19H36N4O2/c1-7-15(8-2)17-11-16(9-10-25-17)22-19(20-12-14(3)4)21-13-18(24)23(5)6/h15-17H,3,7-13H2,1-2,4-6H3,(H2,20,21,22). The van der Waals surface area contributed by atoms with Gasteiger partial charge in [-0.2, -0.15) is 0 Å². The maximum atomic E-state index is 11.8. The van der Waals surface area contributed by atoms with Gasteiger partial charge in [0.05, 0.1) is 6.10 Å². The van der Waals surface area contributed by atoms with Gasteiger partial charge in [-0.3, -0.25) is 4.79 Å². The molecule has 0 aliphatic carbocycles. The van der Waals surface area contributed by atoms with Crippen molar-refractivity contribution in [3.8, 4) is 0 Å². The van der Waals surface area contributed by atoms with Gasteiger partial charge in [-0.15, -0.1) is 0 Å². The van der Waals surface area contributed by atoms with Gasteiger partial charge in [0.15, 0.2) is 5.96 Å². The second-order valence-corrected chi connectivity index (χ2v) is 7.12. The highest BCUT2D eigenvalue weighted by Gasteiger charge is 2.28. The van der Waals surface area contributed by atoms with E-state index in [1.165, 1.54) is 0 Å². The molecule has 0 aromatic rings. The summed E-state index contributed by atoms with van der Waals surface area (Å²) in [5.74, 6) is 1.26. The van der Waals surface area contributed by atoms with Gasteiger partial charge in [-0.25, -0.2) is 4.99 Å². The first-order chi connectivity index (χ1) is 11.9. The summed E-state index contributed by atoms with van der Waals surface area (Å²) >= 11 is 0. The Balaban J connectivity index is 2.69. The number of carbonyl (C=O) groups excluding carboxylic acids is 1. The number of nitrogens with zero attached hydrogens (tertiary/aromatic N) is 2. The fraction of sp³-hybridized carbons (Fsp3) is 0.789. The first-order valence-electron chi connectivity index (χ1n) is 9.38. The van der Waals surface area contributed by atoms with Crippen LogP contribution in [0.5, 0.6) is 0 Å². The molecule has 2 N–H and O–H groups in total. The highest BCUT2D eigenvalue weighted by atomic mass is 16.5. The molecule has 2 atom stereocenters. The van der Waals surface area contributed by atoms with Crippen LogP contribution >= 0.6 is 0 Å². The smallest absolute Gasteiger partial charge is 0.243 e. The van der Waals surface area contributed by atoms with E-state index in [2.05, 4.69) is 36.1 Å².